The lowest BCUT2D eigenvalue weighted by Gasteiger charge is -2.21. The molecule has 2 rings (SSSR count). The fourth-order valence-electron chi connectivity index (χ4n) is 1.77. The first kappa shape index (κ1) is 15.5. The molecule has 0 aliphatic carbocycles. The Hall–Kier alpha value is -1.86. The minimum Gasteiger partial charge on any atom is -0.383 e. The number of ether oxygens (including phenoxy) is 1. The molecule has 0 aliphatic heterocycles. The van der Waals surface area contributed by atoms with Crippen molar-refractivity contribution in [3.05, 3.63) is 52.0 Å². The third-order valence-corrected chi connectivity index (χ3v) is 3.65. The van der Waals surface area contributed by atoms with E-state index >= 15 is 0 Å². The fraction of sp³-hybridized carbons (Fsp3) is 0.286. The van der Waals surface area contributed by atoms with Gasteiger partial charge in [0.1, 0.15) is 5.82 Å². The largest absolute Gasteiger partial charge is 0.383 e. The van der Waals surface area contributed by atoms with Gasteiger partial charge in [-0.25, -0.2) is 13.8 Å². The van der Waals surface area contributed by atoms with Crippen molar-refractivity contribution in [2.45, 2.75) is 6.54 Å². The Bertz CT molecular complexity index is 605. The molecule has 7 heteroatoms. The van der Waals surface area contributed by atoms with Gasteiger partial charge in [0.25, 0.3) is 5.91 Å². The van der Waals surface area contributed by atoms with Crippen LogP contribution in [0.25, 0.3) is 0 Å². The number of amides is 1. The molecule has 4 nitrogen and oxygen atoms in total. The molecule has 0 N–H and O–H groups in total. The summed E-state index contributed by atoms with van der Waals surface area (Å²) in [6.45, 7) is 0.948. The summed E-state index contributed by atoms with van der Waals surface area (Å²) in [6.07, 6.45) is 0.829. The highest BCUT2D eigenvalue weighted by Crippen LogP contribution is 2.15. The minimum absolute atomic E-state index is 0.297. The maximum absolute atomic E-state index is 13.7. The molecule has 0 saturated carbocycles. The molecule has 2 aromatic rings. The van der Waals surface area contributed by atoms with Crippen molar-refractivity contribution in [3.63, 3.8) is 0 Å². The van der Waals surface area contributed by atoms with E-state index in [1.54, 1.807) is 0 Å². The highest BCUT2D eigenvalue weighted by atomic mass is 32.1. The fourth-order valence-corrected chi connectivity index (χ4v) is 2.49. The van der Waals surface area contributed by atoms with Crippen molar-refractivity contribution in [3.8, 4) is 0 Å². The minimum atomic E-state index is -0.964. The number of hydrogen-bond donors (Lipinski definition) is 0. The first-order chi connectivity index (χ1) is 10.1. The van der Waals surface area contributed by atoms with Crippen LogP contribution in [0.4, 0.5) is 8.78 Å². The van der Waals surface area contributed by atoms with Crippen molar-refractivity contribution < 1.29 is 18.3 Å². The van der Waals surface area contributed by atoms with Gasteiger partial charge in [0.05, 0.1) is 19.3 Å². The zero-order chi connectivity index (χ0) is 15.2. The van der Waals surface area contributed by atoms with Crippen LogP contribution >= 0.6 is 11.3 Å². The highest BCUT2D eigenvalue weighted by Gasteiger charge is 2.21. The Labute approximate surface area is 125 Å². The van der Waals surface area contributed by atoms with E-state index in [1.807, 2.05) is 17.5 Å². The molecular weight excluding hydrogens is 298 g/mol. The zero-order valence-electron chi connectivity index (χ0n) is 11.4. The number of halogens is 2. The summed E-state index contributed by atoms with van der Waals surface area (Å²) in [5.74, 6) is -2.36. The topological polar surface area (TPSA) is 42.4 Å². The summed E-state index contributed by atoms with van der Waals surface area (Å²) in [7, 11) is 1.52. The third kappa shape index (κ3) is 4.05. The van der Waals surface area contributed by atoms with Crippen LogP contribution in [0.5, 0.6) is 0 Å². The SMILES string of the molecule is COCCN(Cc1cccs1)C(=O)c1ncc(F)cc1F. The molecule has 0 spiro atoms. The van der Waals surface area contributed by atoms with Crippen molar-refractivity contribution >= 4 is 17.2 Å². The van der Waals surface area contributed by atoms with Crippen LogP contribution in [0.3, 0.4) is 0 Å². The molecule has 2 heterocycles. The van der Waals surface area contributed by atoms with E-state index in [0.29, 0.717) is 25.8 Å². The Morgan fingerprint density at radius 3 is 2.90 bits per heavy atom. The van der Waals surface area contributed by atoms with Crippen LogP contribution in [0.2, 0.25) is 0 Å². The summed E-state index contributed by atoms with van der Waals surface area (Å²) in [5.41, 5.74) is -0.385. The van der Waals surface area contributed by atoms with Crippen LogP contribution < -0.4 is 0 Å². The molecule has 0 atom stereocenters. The average Bonchev–Trinajstić information content (AvgIpc) is 2.95. The number of carbonyl (C=O) groups excluding carboxylic acids is 1. The molecule has 0 aliphatic rings. The monoisotopic (exact) mass is 312 g/mol. The van der Waals surface area contributed by atoms with Gasteiger partial charge < -0.3 is 9.64 Å². The Kier molecular flexibility index (Phi) is 5.35. The Morgan fingerprint density at radius 1 is 1.48 bits per heavy atom. The Morgan fingerprint density at radius 2 is 2.29 bits per heavy atom. The summed E-state index contributed by atoms with van der Waals surface area (Å²) in [4.78, 5) is 18.3. The molecule has 21 heavy (non-hydrogen) atoms. The van der Waals surface area contributed by atoms with Crippen molar-refractivity contribution in [2.75, 3.05) is 20.3 Å². The maximum atomic E-state index is 13.7. The zero-order valence-corrected chi connectivity index (χ0v) is 12.2. The summed E-state index contributed by atoms with van der Waals surface area (Å²) in [6, 6.07) is 4.40. The first-order valence-electron chi connectivity index (χ1n) is 6.23. The van der Waals surface area contributed by atoms with Crippen molar-refractivity contribution in [1.29, 1.82) is 0 Å². The summed E-state index contributed by atoms with van der Waals surface area (Å²) < 4.78 is 31.5. The number of methoxy groups -OCH3 is 1. The maximum Gasteiger partial charge on any atom is 0.275 e. The van der Waals surface area contributed by atoms with E-state index in [1.165, 1.54) is 23.3 Å². The molecule has 0 aromatic carbocycles. The van der Waals surface area contributed by atoms with Gasteiger partial charge in [-0.05, 0) is 11.4 Å². The van der Waals surface area contributed by atoms with E-state index < -0.39 is 17.5 Å². The number of pyridine rings is 1. The van der Waals surface area contributed by atoms with Gasteiger partial charge in [-0.15, -0.1) is 11.3 Å². The van der Waals surface area contributed by atoms with Gasteiger partial charge >= 0.3 is 0 Å². The van der Waals surface area contributed by atoms with E-state index in [9.17, 15) is 13.6 Å². The third-order valence-electron chi connectivity index (χ3n) is 2.79. The van der Waals surface area contributed by atoms with Gasteiger partial charge in [-0.2, -0.15) is 0 Å². The molecule has 2 aromatic heterocycles. The van der Waals surface area contributed by atoms with Crippen molar-refractivity contribution in [1.82, 2.24) is 9.88 Å². The normalized spacial score (nSPS) is 10.6. The quantitative estimate of drug-likeness (QED) is 0.823. The molecule has 0 radical (unpaired) electrons. The second-order valence-electron chi connectivity index (χ2n) is 4.28. The summed E-state index contributed by atoms with van der Waals surface area (Å²) in [5, 5.41) is 1.89. The Balaban J connectivity index is 2.20. The second kappa shape index (κ2) is 7.24. The molecule has 0 saturated heterocycles. The predicted octanol–water partition coefficient (Wildman–Crippen LogP) is 2.71. The molecule has 0 unspecified atom stereocenters. The number of thiophene rings is 1. The first-order valence-corrected chi connectivity index (χ1v) is 7.11. The highest BCUT2D eigenvalue weighted by molar-refractivity contribution is 7.09. The van der Waals surface area contributed by atoms with Crippen LogP contribution in [0, 0.1) is 11.6 Å². The second-order valence-corrected chi connectivity index (χ2v) is 5.32. The molecule has 112 valence electrons. The van der Waals surface area contributed by atoms with Gasteiger partial charge in [-0.3, -0.25) is 4.79 Å². The molecule has 0 fully saturated rings. The van der Waals surface area contributed by atoms with Gasteiger partial charge in [0.2, 0.25) is 0 Å². The lowest BCUT2D eigenvalue weighted by atomic mass is 10.2. The van der Waals surface area contributed by atoms with E-state index in [0.717, 1.165) is 11.1 Å². The number of carbonyl (C=O) groups is 1. The number of rotatable bonds is 6. The lowest BCUT2D eigenvalue weighted by Crippen LogP contribution is -2.34. The van der Waals surface area contributed by atoms with E-state index in [2.05, 4.69) is 4.98 Å². The van der Waals surface area contributed by atoms with Crippen molar-refractivity contribution in [2.24, 2.45) is 0 Å². The standard InChI is InChI=1S/C14H14F2N2O2S/c1-20-5-4-18(9-11-3-2-6-21-11)14(19)13-12(16)7-10(15)8-17-13/h2-3,6-8H,4-5,9H2,1H3. The lowest BCUT2D eigenvalue weighted by molar-refractivity contribution is 0.0671. The van der Waals surface area contributed by atoms with E-state index in [4.69, 9.17) is 4.74 Å². The predicted molar refractivity (Wildman–Crippen MR) is 75.1 cm³/mol. The van der Waals surface area contributed by atoms with Crippen LogP contribution in [0.1, 0.15) is 15.4 Å². The van der Waals surface area contributed by atoms with E-state index in [-0.39, 0.29) is 5.69 Å². The van der Waals surface area contributed by atoms with Gasteiger partial charge in [-0.1, -0.05) is 6.07 Å². The van der Waals surface area contributed by atoms with Crippen LogP contribution in [-0.4, -0.2) is 36.1 Å². The number of nitrogens with zero attached hydrogens (tertiary/aromatic N) is 2. The van der Waals surface area contributed by atoms with Gasteiger partial charge in [0.15, 0.2) is 11.5 Å². The number of hydrogen-bond acceptors (Lipinski definition) is 4. The van der Waals surface area contributed by atoms with Gasteiger partial charge in [0, 0.05) is 24.6 Å². The smallest absolute Gasteiger partial charge is 0.275 e. The van der Waals surface area contributed by atoms with Crippen LogP contribution in [0.15, 0.2) is 29.8 Å². The average molecular weight is 312 g/mol. The summed E-state index contributed by atoms with van der Waals surface area (Å²) >= 11 is 1.50. The van der Waals surface area contributed by atoms with Crippen LogP contribution in [-0.2, 0) is 11.3 Å². The number of aromatic nitrogens is 1. The molecule has 1 amide bonds. The molecular formula is C14H14F2N2O2S. The molecule has 0 bridgehead atoms.